The monoisotopic (exact) mass is 182 g/mol. The van der Waals surface area contributed by atoms with Gasteiger partial charge in [0.2, 0.25) is 0 Å². The van der Waals surface area contributed by atoms with E-state index in [4.69, 9.17) is 19.5 Å². The molecule has 2 N–H and O–H groups in total. The van der Waals surface area contributed by atoms with Crippen LogP contribution in [0.25, 0.3) is 0 Å². The van der Waals surface area contributed by atoms with Crippen molar-refractivity contribution in [3.05, 3.63) is 24.3 Å². The molecule has 0 fully saturated rings. The third kappa shape index (κ3) is 3.35. The summed E-state index contributed by atoms with van der Waals surface area (Å²) in [5, 5.41) is 17.0. The van der Waals surface area contributed by atoms with Crippen LogP contribution in [0, 0.1) is 0 Å². The van der Waals surface area contributed by atoms with Crippen LogP contribution in [-0.2, 0) is 0 Å². The van der Waals surface area contributed by atoms with Gasteiger partial charge >= 0.3 is 7.12 Å². The van der Waals surface area contributed by atoms with Crippen molar-refractivity contribution in [2.75, 3.05) is 13.6 Å². The van der Waals surface area contributed by atoms with Gasteiger partial charge < -0.3 is 19.5 Å². The maximum atomic E-state index is 8.52. The highest BCUT2D eigenvalue weighted by Crippen LogP contribution is 2.16. The first-order valence-corrected chi connectivity index (χ1v) is 3.85. The van der Waals surface area contributed by atoms with Crippen molar-refractivity contribution in [3.63, 3.8) is 0 Å². The van der Waals surface area contributed by atoms with Crippen LogP contribution < -0.4 is 9.47 Å². The summed E-state index contributed by atoms with van der Waals surface area (Å²) in [4.78, 5) is 0. The molecule has 0 saturated carbocycles. The molecule has 0 spiro atoms. The molecule has 1 rings (SSSR count). The first kappa shape index (κ1) is 9.89. The van der Waals surface area contributed by atoms with Gasteiger partial charge in [-0.05, 0) is 24.3 Å². The molecule has 0 heterocycles. The largest absolute Gasteiger partial charge is 0.497 e. The predicted octanol–water partition coefficient (Wildman–Crippen LogP) is 0.0860. The maximum absolute atomic E-state index is 8.52. The number of benzene rings is 1. The topological polar surface area (TPSA) is 58.9 Å². The molecule has 0 aliphatic rings. The number of hydrogen-bond acceptors (Lipinski definition) is 4. The van der Waals surface area contributed by atoms with Crippen LogP contribution in [-0.4, -0.2) is 30.8 Å². The Bertz CT molecular complexity index is 247. The highest BCUT2D eigenvalue weighted by molar-refractivity contribution is 6.40. The van der Waals surface area contributed by atoms with Crippen LogP contribution in [0.4, 0.5) is 0 Å². The molecule has 0 aliphatic carbocycles. The molecule has 70 valence electrons. The lowest BCUT2D eigenvalue weighted by molar-refractivity contribution is 0.306. The van der Waals surface area contributed by atoms with Crippen LogP contribution >= 0.6 is 0 Å². The Morgan fingerprint density at radius 2 is 1.69 bits per heavy atom. The van der Waals surface area contributed by atoms with Crippen molar-refractivity contribution in [1.82, 2.24) is 0 Å². The van der Waals surface area contributed by atoms with E-state index in [0.29, 0.717) is 5.75 Å². The van der Waals surface area contributed by atoms with Gasteiger partial charge in [0.25, 0.3) is 0 Å². The van der Waals surface area contributed by atoms with Crippen LogP contribution in [0.15, 0.2) is 24.3 Å². The van der Waals surface area contributed by atoms with E-state index in [1.807, 2.05) is 0 Å². The molecule has 0 aliphatic heterocycles. The van der Waals surface area contributed by atoms with Crippen molar-refractivity contribution in [2.24, 2.45) is 0 Å². The quantitative estimate of drug-likeness (QED) is 0.647. The smallest absolute Gasteiger partial charge is 0.491 e. The van der Waals surface area contributed by atoms with Gasteiger partial charge in [-0.25, -0.2) is 0 Å². The number of hydrogen-bond donors (Lipinski definition) is 2. The standard InChI is InChI=1S/C8H11BO4/c1-12-7-2-4-8(5-3-7)13-6-9(10)11/h2-5,10-11H,6H2,1H3. The second-order valence-corrected chi connectivity index (χ2v) is 2.47. The van der Waals surface area contributed by atoms with Gasteiger partial charge in [-0.3, -0.25) is 0 Å². The minimum absolute atomic E-state index is 0.133. The number of methoxy groups -OCH3 is 1. The van der Waals surface area contributed by atoms with Gasteiger partial charge in [0.05, 0.1) is 7.11 Å². The molecule has 0 amide bonds. The van der Waals surface area contributed by atoms with Crippen molar-refractivity contribution in [3.8, 4) is 11.5 Å². The minimum Gasteiger partial charge on any atom is -0.497 e. The van der Waals surface area contributed by atoms with E-state index < -0.39 is 7.12 Å². The van der Waals surface area contributed by atoms with Crippen LogP contribution in [0.1, 0.15) is 0 Å². The molecule has 5 heteroatoms. The molecular formula is C8H11BO4. The summed E-state index contributed by atoms with van der Waals surface area (Å²) < 4.78 is 9.95. The van der Waals surface area contributed by atoms with E-state index in [0.717, 1.165) is 5.75 Å². The zero-order valence-electron chi connectivity index (χ0n) is 7.30. The average molecular weight is 182 g/mol. The zero-order chi connectivity index (χ0) is 9.68. The third-order valence-electron chi connectivity index (χ3n) is 1.46. The second-order valence-electron chi connectivity index (χ2n) is 2.47. The lowest BCUT2D eigenvalue weighted by atomic mass is 9.95. The summed E-state index contributed by atoms with van der Waals surface area (Å²) in [5.74, 6) is 1.31. The summed E-state index contributed by atoms with van der Waals surface area (Å²) in [7, 11) is 0.134. The Hall–Kier alpha value is -1.20. The lowest BCUT2D eigenvalue weighted by Gasteiger charge is -2.05. The highest BCUT2D eigenvalue weighted by Gasteiger charge is 2.06. The van der Waals surface area contributed by atoms with Crippen molar-refractivity contribution < 1.29 is 19.5 Å². The van der Waals surface area contributed by atoms with Crippen molar-refractivity contribution >= 4 is 7.12 Å². The number of ether oxygens (including phenoxy) is 2. The van der Waals surface area contributed by atoms with Gasteiger partial charge in [0, 0.05) is 0 Å². The molecular weight excluding hydrogens is 171 g/mol. The Morgan fingerprint density at radius 3 is 2.15 bits per heavy atom. The zero-order valence-corrected chi connectivity index (χ0v) is 7.30. The Morgan fingerprint density at radius 1 is 1.15 bits per heavy atom. The SMILES string of the molecule is COc1ccc(OCB(O)O)cc1. The summed E-state index contributed by atoms with van der Waals surface area (Å²) >= 11 is 0. The molecule has 1 aromatic rings. The molecule has 0 radical (unpaired) electrons. The van der Waals surface area contributed by atoms with Gasteiger partial charge in [-0.2, -0.15) is 0 Å². The Labute approximate surface area is 76.9 Å². The van der Waals surface area contributed by atoms with E-state index in [2.05, 4.69) is 0 Å². The first-order valence-electron chi connectivity index (χ1n) is 3.85. The molecule has 0 saturated heterocycles. The van der Waals surface area contributed by atoms with E-state index >= 15 is 0 Å². The molecule has 0 aromatic heterocycles. The second kappa shape index (κ2) is 4.74. The van der Waals surface area contributed by atoms with E-state index in [9.17, 15) is 0 Å². The summed E-state index contributed by atoms with van der Waals surface area (Å²) in [6.07, 6.45) is 0. The molecule has 0 bridgehead atoms. The van der Waals surface area contributed by atoms with E-state index in [1.54, 1.807) is 31.4 Å². The molecule has 4 nitrogen and oxygen atoms in total. The van der Waals surface area contributed by atoms with Gasteiger partial charge in [-0.15, -0.1) is 0 Å². The summed E-state index contributed by atoms with van der Waals surface area (Å²) in [5.41, 5.74) is 0. The van der Waals surface area contributed by atoms with Crippen molar-refractivity contribution in [2.45, 2.75) is 0 Å². The van der Waals surface area contributed by atoms with Crippen LogP contribution in [0.2, 0.25) is 0 Å². The minimum atomic E-state index is -1.44. The van der Waals surface area contributed by atoms with Gasteiger partial charge in [-0.1, -0.05) is 0 Å². The Kier molecular flexibility index (Phi) is 3.61. The van der Waals surface area contributed by atoms with Crippen LogP contribution in [0.3, 0.4) is 0 Å². The van der Waals surface area contributed by atoms with Gasteiger partial charge in [0.1, 0.15) is 18.0 Å². The summed E-state index contributed by atoms with van der Waals surface area (Å²) in [6, 6.07) is 6.86. The maximum Gasteiger partial charge on any atom is 0.491 e. The first-order chi connectivity index (χ1) is 6.22. The fraction of sp³-hybridized carbons (Fsp3) is 0.250. The van der Waals surface area contributed by atoms with Gasteiger partial charge in [0.15, 0.2) is 0 Å². The molecule has 0 unspecified atom stereocenters. The highest BCUT2D eigenvalue weighted by atomic mass is 16.5. The molecule has 1 aromatic carbocycles. The van der Waals surface area contributed by atoms with Crippen molar-refractivity contribution in [1.29, 1.82) is 0 Å². The predicted molar refractivity (Wildman–Crippen MR) is 48.7 cm³/mol. The Balaban J connectivity index is 2.49. The average Bonchev–Trinajstić information content (AvgIpc) is 2.15. The summed E-state index contributed by atoms with van der Waals surface area (Å²) in [6.45, 7) is -0.133. The normalized spacial score (nSPS) is 9.46. The van der Waals surface area contributed by atoms with Crippen LogP contribution in [0.5, 0.6) is 11.5 Å². The van der Waals surface area contributed by atoms with E-state index in [1.165, 1.54) is 0 Å². The number of rotatable bonds is 4. The molecule has 13 heavy (non-hydrogen) atoms. The fourth-order valence-corrected chi connectivity index (χ4v) is 0.843. The van der Waals surface area contributed by atoms with E-state index in [-0.39, 0.29) is 6.51 Å². The third-order valence-corrected chi connectivity index (χ3v) is 1.46. The fourth-order valence-electron chi connectivity index (χ4n) is 0.843. The lowest BCUT2D eigenvalue weighted by Crippen LogP contribution is -2.22. The molecule has 0 atom stereocenters.